The lowest BCUT2D eigenvalue weighted by atomic mass is 10.1. The quantitative estimate of drug-likeness (QED) is 0.0464. The van der Waals surface area contributed by atoms with E-state index in [1.165, 1.54) is 5.57 Å². The van der Waals surface area contributed by atoms with Gasteiger partial charge in [0, 0.05) is 0 Å². The number of hydrogen-bond acceptors (Lipinski definition) is 12. The molecule has 59 heavy (non-hydrogen) atoms. The minimum absolute atomic E-state index is 0.256. The van der Waals surface area contributed by atoms with Gasteiger partial charge in [0.25, 0.3) is 0 Å². The normalized spacial score (nSPS) is 14.1. The first kappa shape index (κ1) is 48.9. The van der Waals surface area contributed by atoms with E-state index in [0.717, 1.165) is 45.3 Å². The molecule has 0 heterocycles. The van der Waals surface area contributed by atoms with Crippen LogP contribution in [0.15, 0.2) is 109 Å². The van der Waals surface area contributed by atoms with Crippen molar-refractivity contribution < 1.29 is 58.0 Å². The average Bonchev–Trinajstić information content (AvgIpc) is 3.25. The smallest absolute Gasteiger partial charge is 0.118 e. The van der Waals surface area contributed by atoms with Crippen molar-refractivity contribution in [2.24, 2.45) is 0 Å². The van der Waals surface area contributed by atoms with Gasteiger partial charge in [-0.3, -0.25) is 0 Å². The summed E-state index contributed by atoms with van der Waals surface area (Å²) in [7, 11) is 6.50. The molecule has 0 amide bonds. The van der Waals surface area contributed by atoms with Crippen molar-refractivity contribution in [2.45, 2.75) is 90.7 Å². The summed E-state index contributed by atoms with van der Waals surface area (Å²) >= 11 is 0. The average molecular weight is 821 g/mol. The fraction of sp³-hybridized carbons (Fsp3) is 0.447. The van der Waals surface area contributed by atoms with Crippen LogP contribution < -0.4 is 18.9 Å². The van der Waals surface area contributed by atoms with Crippen LogP contribution in [-0.2, 0) is 50.1 Å². The van der Waals surface area contributed by atoms with Crippen molar-refractivity contribution in [3.05, 3.63) is 131 Å². The molecule has 12 nitrogen and oxygen atoms in total. The van der Waals surface area contributed by atoms with Gasteiger partial charge in [-0.05, 0) is 98.5 Å². The van der Waals surface area contributed by atoms with Crippen LogP contribution in [-0.4, -0.2) is 100 Å². The third kappa shape index (κ3) is 18.1. The van der Waals surface area contributed by atoms with E-state index in [9.17, 15) is 15.3 Å². The fourth-order valence-corrected chi connectivity index (χ4v) is 5.69. The summed E-state index contributed by atoms with van der Waals surface area (Å²) in [6, 6.07) is 30.3. The third-order valence-corrected chi connectivity index (χ3v) is 9.20. The zero-order valence-electron chi connectivity index (χ0n) is 35.7. The molecule has 0 saturated carbocycles. The molecule has 0 aliphatic carbocycles. The summed E-state index contributed by atoms with van der Waals surface area (Å²) in [5.41, 5.74) is 5.04. The first-order valence-electron chi connectivity index (χ1n) is 19.7. The molecule has 0 spiro atoms. The fourth-order valence-electron chi connectivity index (χ4n) is 5.69. The summed E-state index contributed by atoms with van der Waals surface area (Å²) in [4.78, 5) is 0. The summed E-state index contributed by atoms with van der Waals surface area (Å²) < 4.78 is 50.4. The Hall–Kier alpha value is -4.50. The lowest BCUT2D eigenvalue weighted by Crippen LogP contribution is -2.42. The molecule has 0 unspecified atom stereocenters. The molecular weight excluding hydrogens is 757 g/mol. The standard InChI is InChI=1S/C26H36O6.C21H28O6/c1-19(2)14-15-30-18-25(31-16-21-6-10-23(28-4)11-7-21)26(20(3)27)32-17-22-8-12-24(29-5)13-9-22;1-15(23)21(27-14-17-6-10-19(25-3)11-7-17)20(12-22)26-13-16-4-8-18(24-2)9-5-16/h6-14,20,25-27H,15-18H2,1-5H3;4-11,15,20-23H,12-14H2,1-3H3/t20-,25-,26-;15-,20-,21-/m00/s1. The molecule has 0 bridgehead atoms. The number of aliphatic hydroxyl groups is 3. The van der Waals surface area contributed by atoms with Crippen molar-refractivity contribution in [2.75, 3.05) is 48.3 Å². The van der Waals surface area contributed by atoms with Crippen molar-refractivity contribution in [1.29, 1.82) is 0 Å². The highest BCUT2D eigenvalue weighted by atomic mass is 16.6. The van der Waals surface area contributed by atoms with E-state index in [1.807, 2.05) is 117 Å². The minimum Gasteiger partial charge on any atom is -0.497 e. The second kappa shape index (κ2) is 27.3. The molecule has 4 rings (SSSR count). The molecule has 0 saturated heterocycles. The highest BCUT2D eigenvalue weighted by molar-refractivity contribution is 5.29. The molecular formula is C47H64O12. The molecule has 0 aliphatic rings. The number of allylic oxidation sites excluding steroid dienone is 1. The molecule has 0 aliphatic heterocycles. The van der Waals surface area contributed by atoms with Crippen LogP contribution in [0.3, 0.4) is 0 Å². The molecule has 4 aromatic rings. The maximum Gasteiger partial charge on any atom is 0.118 e. The van der Waals surface area contributed by atoms with Crippen molar-refractivity contribution >= 4 is 0 Å². The summed E-state index contributed by atoms with van der Waals surface area (Å²) in [5.74, 6) is 3.11. The molecule has 6 atom stereocenters. The van der Waals surface area contributed by atoms with Crippen LogP contribution >= 0.6 is 0 Å². The van der Waals surface area contributed by atoms with Gasteiger partial charge in [0.15, 0.2) is 0 Å². The van der Waals surface area contributed by atoms with Crippen LogP contribution in [0, 0.1) is 0 Å². The molecule has 0 fully saturated rings. The summed E-state index contributed by atoms with van der Waals surface area (Å²) in [5, 5.41) is 30.2. The predicted molar refractivity (Wildman–Crippen MR) is 227 cm³/mol. The van der Waals surface area contributed by atoms with Crippen molar-refractivity contribution in [3.63, 3.8) is 0 Å². The Labute approximate surface area is 350 Å². The van der Waals surface area contributed by atoms with Crippen LogP contribution in [0.5, 0.6) is 23.0 Å². The largest absolute Gasteiger partial charge is 0.497 e. The number of methoxy groups -OCH3 is 4. The van der Waals surface area contributed by atoms with E-state index >= 15 is 0 Å². The van der Waals surface area contributed by atoms with Gasteiger partial charge in [-0.2, -0.15) is 0 Å². The van der Waals surface area contributed by atoms with Crippen molar-refractivity contribution in [3.8, 4) is 23.0 Å². The Morgan fingerprint density at radius 3 is 1.08 bits per heavy atom. The highest BCUT2D eigenvalue weighted by Gasteiger charge is 2.29. The van der Waals surface area contributed by atoms with Gasteiger partial charge >= 0.3 is 0 Å². The van der Waals surface area contributed by atoms with Crippen LogP contribution in [0.1, 0.15) is 49.9 Å². The van der Waals surface area contributed by atoms with E-state index < -0.39 is 36.6 Å². The lowest BCUT2D eigenvalue weighted by molar-refractivity contribution is -0.146. The first-order valence-corrected chi connectivity index (χ1v) is 19.7. The Kier molecular flexibility index (Phi) is 22.6. The van der Waals surface area contributed by atoms with Crippen molar-refractivity contribution in [1.82, 2.24) is 0 Å². The number of hydrogen-bond donors (Lipinski definition) is 3. The van der Waals surface area contributed by atoms with Gasteiger partial charge in [-0.1, -0.05) is 60.2 Å². The topological polar surface area (TPSA) is 144 Å². The maximum absolute atomic E-state index is 10.4. The Morgan fingerprint density at radius 2 is 0.797 bits per heavy atom. The molecule has 12 heteroatoms. The zero-order chi connectivity index (χ0) is 43.0. The molecule has 3 N–H and O–H groups in total. The zero-order valence-corrected chi connectivity index (χ0v) is 35.7. The Morgan fingerprint density at radius 1 is 0.492 bits per heavy atom. The second-order valence-corrected chi connectivity index (χ2v) is 14.1. The maximum atomic E-state index is 10.4. The summed E-state index contributed by atoms with van der Waals surface area (Å²) in [6.07, 6.45) is -1.82. The highest BCUT2D eigenvalue weighted by Crippen LogP contribution is 2.20. The first-order chi connectivity index (χ1) is 28.5. The monoisotopic (exact) mass is 820 g/mol. The Balaban J connectivity index is 0.000000320. The predicted octanol–water partition coefficient (Wildman–Crippen LogP) is 7.09. The number of aliphatic hydroxyl groups excluding tert-OH is 3. The lowest BCUT2D eigenvalue weighted by Gasteiger charge is -2.29. The second-order valence-electron chi connectivity index (χ2n) is 14.1. The number of rotatable bonds is 25. The number of ether oxygens (including phenoxy) is 9. The molecule has 0 radical (unpaired) electrons. The third-order valence-electron chi connectivity index (χ3n) is 9.20. The van der Waals surface area contributed by atoms with Crippen LogP contribution in [0.4, 0.5) is 0 Å². The SMILES string of the molecule is COc1ccc(CO[C@@H]([C@H](C)O)[C@H](CO)OCc2ccc(OC)cc2)cc1.COc1ccc(CO[C@@H]([C@H](C)O)[C@H](COCC=C(C)C)OCc2ccc(OC)cc2)cc1. The van der Waals surface area contributed by atoms with Crippen LogP contribution in [0.2, 0.25) is 0 Å². The van der Waals surface area contributed by atoms with Gasteiger partial charge in [0.1, 0.15) is 47.4 Å². The van der Waals surface area contributed by atoms with Gasteiger partial charge < -0.3 is 58.0 Å². The van der Waals surface area contributed by atoms with Gasteiger partial charge in [-0.15, -0.1) is 0 Å². The Bertz CT molecular complexity index is 1700. The van der Waals surface area contributed by atoms with E-state index in [4.69, 9.17) is 42.6 Å². The van der Waals surface area contributed by atoms with E-state index in [1.54, 1.807) is 42.3 Å². The van der Waals surface area contributed by atoms with E-state index in [0.29, 0.717) is 39.6 Å². The molecule has 324 valence electrons. The molecule has 4 aromatic carbocycles. The summed E-state index contributed by atoms with van der Waals surface area (Å²) in [6.45, 7) is 9.21. The van der Waals surface area contributed by atoms with Gasteiger partial charge in [-0.25, -0.2) is 0 Å². The van der Waals surface area contributed by atoms with E-state index in [2.05, 4.69) is 0 Å². The van der Waals surface area contributed by atoms with E-state index in [-0.39, 0.29) is 6.61 Å². The number of benzene rings is 4. The van der Waals surface area contributed by atoms with Gasteiger partial charge in [0.2, 0.25) is 0 Å². The minimum atomic E-state index is -0.795. The molecule has 0 aromatic heterocycles. The van der Waals surface area contributed by atoms with Crippen LogP contribution in [0.25, 0.3) is 0 Å². The van der Waals surface area contributed by atoms with Gasteiger partial charge in [0.05, 0.1) is 86.9 Å².